The van der Waals surface area contributed by atoms with E-state index in [2.05, 4.69) is 0 Å². The van der Waals surface area contributed by atoms with Crippen molar-refractivity contribution in [2.24, 2.45) is 0 Å². The van der Waals surface area contributed by atoms with Crippen molar-refractivity contribution in [1.29, 1.82) is 0 Å². The summed E-state index contributed by atoms with van der Waals surface area (Å²) in [6.07, 6.45) is 3.10. The lowest BCUT2D eigenvalue weighted by Gasteiger charge is -2.11. The van der Waals surface area contributed by atoms with E-state index in [0.29, 0.717) is 25.6 Å². The van der Waals surface area contributed by atoms with E-state index in [9.17, 15) is 4.79 Å². The minimum absolute atomic E-state index is 0.0272. The van der Waals surface area contributed by atoms with Gasteiger partial charge in [-0.3, -0.25) is 0 Å². The fraction of sp³-hybridized carbons (Fsp3) is 0.438. The number of hydrogen-bond donors (Lipinski definition) is 0. The van der Waals surface area contributed by atoms with Crippen LogP contribution >= 0.6 is 0 Å². The molecule has 1 fully saturated rings. The topological polar surface area (TPSA) is 44.8 Å². The van der Waals surface area contributed by atoms with Crippen molar-refractivity contribution < 1.29 is 19.0 Å². The van der Waals surface area contributed by atoms with Crippen molar-refractivity contribution in [2.75, 3.05) is 13.2 Å². The zero-order valence-electron chi connectivity index (χ0n) is 11.7. The summed E-state index contributed by atoms with van der Waals surface area (Å²) in [5.74, 6) is 0.352. The van der Waals surface area contributed by atoms with E-state index in [-0.39, 0.29) is 12.1 Å². The first-order chi connectivity index (χ1) is 9.78. The monoisotopic (exact) mass is 276 g/mol. The molecule has 1 aliphatic rings. The molecule has 2 rings (SSSR count). The zero-order valence-corrected chi connectivity index (χ0v) is 11.7. The van der Waals surface area contributed by atoms with Crippen LogP contribution in [0, 0.1) is 0 Å². The van der Waals surface area contributed by atoms with Crippen LogP contribution in [0.25, 0.3) is 0 Å². The molecule has 0 aliphatic carbocycles. The van der Waals surface area contributed by atoms with Crippen LogP contribution in [-0.2, 0) is 25.6 Å². The molecule has 0 N–H and O–H groups in total. The van der Waals surface area contributed by atoms with Crippen molar-refractivity contribution in [3.05, 3.63) is 47.7 Å². The Bertz CT molecular complexity index is 453. The number of carbonyl (C=O) groups is 1. The maximum atomic E-state index is 11.3. The Balaban J connectivity index is 1.70. The van der Waals surface area contributed by atoms with Gasteiger partial charge >= 0.3 is 5.97 Å². The summed E-state index contributed by atoms with van der Waals surface area (Å²) in [7, 11) is 0. The van der Waals surface area contributed by atoms with Gasteiger partial charge in [0.2, 0.25) is 0 Å². The molecule has 0 saturated carbocycles. The van der Waals surface area contributed by atoms with E-state index < -0.39 is 0 Å². The van der Waals surface area contributed by atoms with Gasteiger partial charge in [-0.2, -0.15) is 0 Å². The Morgan fingerprint density at radius 2 is 2.20 bits per heavy atom. The van der Waals surface area contributed by atoms with E-state index in [0.717, 1.165) is 18.4 Å². The predicted octanol–water partition coefficient (Wildman–Crippen LogP) is 2.83. The molecular weight excluding hydrogens is 256 g/mol. The fourth-order valence-corrected chi connectivity index (χ4v) is 2.06. The summed E-state index contributed by atoms with van der Waals surface area (Å²) < 4.78 is 16.1. The fourth-order valence-electron chi connectivity index (χ4n) is 2.06. The zero-order chi connectivity index (χ0) is 14.2. The standard InChI is InChI=1S/C16H20O4/c1-2-19-16(17)10-14-8-9-15(20-14)12-18-11-13-6-4-3-5-7-13/h3-7,10,15H,2,8-9,11-12H2,1H3/b14-10+/t15-/m1/s1. The number of esters is 1. The minimum Gasteiger partial charge on any atom is -0.492 e. The number of allylic oxidation sites excluding steroid dienone is 1. The van der Waals surface area contributed by atoms with Gasteiger partial charge < -0.3 is 14.2 Å². The first-order valence-corrected chi connectivity index (χ1v) is 6.93. The SMILES string of the molecule is CCOC(=O)/C=C1\CC[C@H](COCc2ccccc2)O1. The lowest BCUT2D eigenvalue weighted by molar-refractivity contribution is -0.137. The van der Waals surface area contributed by atoms with Crippen LogP contribution in [0.5, 0.6) is 0 Å². The lowest BCUT2D eigenvalue weighted by atomic mass is 10.2. The molecule has 1 aromatic carbocycles. The summed E-state index contributed by atoms with van der Waals surface area (Å²) in [5.41, 5.74) is 1.15. The third kappa shape index (κ3) is 4.70. The molecule has 1 atom stereocenters. The van der Waals surface area contributed by atoms with Gasteiger partial charge in [0, 0.05) is 6.42 Å². The molecule has 0 bridgehead atoms. The second-order valence-corrected chi connectivity index (χ2v) is 4.64. The number of rotatable bonds is 6. The third-order valence-electron chi connectivity index (χ3n) is 3.01. The van der Waals surface area contributed by atoms with Gasteiger partial charge in [-0.05, 0) is 18.9 Å². The molecule has 0 spiro atoms. The quantitative estimate of drug-likeness (QED) is 0.592. The molecule has 1 heterocycles. The van der Waals surface area contributed by atoms with E-state index >= 15 is 0 Å². The van der Waals surface area contributed by atoms with Gasteiger partial charge in [0.05, 0.1) is 25.9 Å². The van der Waals surface area contributed by atoms with Crippen LogP contribution in [0.3, 0.4) is 0 Å². The highest BCUT2D eigenvalue weighted by Crippen LogP contribution is 2.23. The van der Waals surface area contributed by atoms with Gasteiger partial charge in [-0.25, -0.2) is 4.79 Å². The van der Waals surface area contributed by atoms with Crippen molar-refractivity contribution in [1.82, 2.24) is 0 Å². The highest BCUT2D eigenvalue weighted by molar-refractivity contribution is 5.82. The average molecular weight is 276 g/mol. The Kier molecular flexibility index (Phi) is 5.62. The molecular formula is C16H20O4. The highest BCUT2D eigenvalue weighted by Gasteiger charge is 2.21. The van der Waals surface area contributed by atoms with E-state index in [1.165, 1.54) is 6.08 Å². The number of carbonyl (C=O) groups excluding carboxylic acids is 1. The molecule has 1 aliphatic heterocycles. The van der Waals surface area contributed by atoms with E-state index in [4.69, 9.17) is 14.2 Å². The Morgan fingerprint density at radius 1 is 1.40 bits per heavy atom. The summed E-state index contributed by atoms with van der Waals surface area (Å²) >= 11 is 0. The van der Waals surface area contributed by atoms with Gasteiger partial charge in [-0.1, -0.05) is 30.3 Å². The van der Waals surface area contributed by atoms with Gasteiger partial charge in [-0.15, -0.1) is 0 Å². The largest absolute Gasteiger partial charge is 0.492 e. The maximum absolute atomic E-state index is 11.3. The summed E-state index contributed by atoms with van der Waals surface area (Å²) in [6, 6.07) is 10.0. The predicted molar refractivity (Wildman–Crippen MR) is 74.9 cm³/mol. The molecule has 4 nitrogen and oxygen atoms in total. The van der Waals surface area contributed by atoms with E-state index in [1.54, 1.807) is 6.92 Å². The van der Waals surface area contributed by atoms with Crippen LogP contribution in [0.2, 0.25) is 0 Å². The third-order valence-corrected chi connectivity index (χ3v) is 3.01. The normalized spacial score (nSPS) is 19.9. The number of hydrogen-bond acceptors (Lipinski definition) is 4. The Morgan fingerprint density at radius 3 is 2.95 bits per heavy atom. The second-order valence-electron chi connectivity index (χ2n) is 4.64. The van der Waals surface area contributed by atoms with Gasteiger partial charge in [0.15, 0.2) is 0 Å². The molecule has 0 radical (unpaired) electrons. The number of ether oxygens (including phenoxy) is 3. The minimum atomic E-state index is -0.339. The Hall–Kier alpha value is -1.81. The second kappa shape index (κ2) is 7.70. The molecule has 0 unspecified atom stereocenters. The lowest BCUT2D eigenvalue weighted by Crippen LogP contribution is -2.13. The van der Waals surface area contributed by atoms with Gasteiger partial charge in [0.1, 0.15) is 11.9 Å². The van der Waals surface area contributed by atoms with Crippen molar-refractivity contribution in [3.63, 3.8) is 0 Å². The summed E-state index contributed by atoms with van der Waals surface area (Å²) in [5, 5.41) is 0. The molecule has 108 valence electrons. The van der Waals surface area contributed by atoms with Crippen LogP contribution in [0.1, 0.15) is 25.3 Å². The molecule has 1 aromatic rings. The summed E-state index contributed by atoms with van der Waals surface area (Å²) in [6.45, 7) is 3.28. The van der Waals surface area contributed by atoms with Crippen molar-refractivity contribution in [3.8, 4) is 0 Å². The van der Waals surface area contributed by atoms with Crippen LogP contribution in [0.4, 0.5) is 0 Å². The first kappa shape index (κ1) is 14.6. The van der Waals surface area contributed by atoms with Crippen molar-refractivity contribution >= 4 is 5.97 Å². The van der Waals surface area contributed by atoms with E-state index in [1.807, 2.05) is 30.3 Å². The molecule has 1 saturated heterocycles. The Labute approximate surface area is 119 Å². The smallest absolute Gasteiger partial charge is 0.334 e. The number of benzene rings is 1. The van der Waals surface area contributed by atoms with Crippen LogP contribution in [0.15, 0.2) is 42.2 Å². The van der Waals surface area contributed by atoms with Gasteiger partial charge in [0.25, 0.3) is 0 Å². The highest BCUT2D eigenvalue weighted by atomic mass is 16.5. The summed E-state index contributed by atoms with van der Waals surface area (Å²) in [4.78, 5) is 11.3. The van der Waals surface area contributed by atoms with Crippen LogP contribution < -0.4 is 0 Å². The maximum Gasteiger partial charge on any atom is 0.334 e. The van der Waals surface area contributed by atoms with Crippen molar-refractivity contribution in [2.45, 2.75) is 32.5 Å². The molecule has 20 heavy (non-hydrogen) atoms. The molecule has 4 heteroatoms. The average Bonchev–Trinajstić information content (AvgIpc) is 2.88. The molecule has 0 amide bonds. The van der Waals surface area contributed by atoms with Crippen LogP contribution in [-0.4, -0.2) is 25.3 Å². The molecule has 0 aromatic heterocycles. The first-order valence-electron chi connectivity index (χ1n) is 6.93.